The van der Waals surface area contributed by atoms with Gasteiger partial charge in [-0.1, -0.05) is 50.6 Å². The SMILES string of the molecule is CC(C)C1CCCC(O)(Cc2ccccc2)C1. The monoisotopic (exact) mass is 232 g/mol. The minimum Gasteiger partial charge on any atom is -0.390 e. The van der Waals surface area contributed by atoms with E-state index in [0.717, 1.165) is 19.3 Å². The van der Waals surface area contributed by atoms with E-state index in [4.69, 9.17) is 0 Å². The first kappa shape index (κ1) is 12.6. The molecule has 1 aliphatic carbocycles. The largest absolute Gasteiger partial charge is 0.390 e. The van der Waals surface area contributed by atoms with E-state index in [9.17, 15) is 5.11 Å². The van der Waals surface area contributed by atoms with E-state index in [0.29, 0.717) is 11.8 Å². The highest BCUT2D eigenvalue weighted by atomic mass is 16.3. The molecule has 1 aromatic rings. The summed E-state index contributed by atoms with van der Waals surface area (Å²) in [6.45, 7) is 4.55. The summed E-state index contributed by atoms with van der Waals surface area (Å²) in [5, 5.41) is 10.7. The average molecular weight is 232 g/mol. The number of hydrogen-bond donors (Lipinski definition) is 1. The Kier molecular flexibility index (Phi) is 3.88. The zero-order valence-electron chi connectivity index (χ0n) is 11.0. The van der Waals surface area contributed by atoms with E-state index in [2.05, 4.69) is 38.1 Å². The van der Waals surface area contributed by atoms with Gasteiger partial charge < -0.3 is 5.11 Å². The second-order valence-corrected chi connectivity index (χ2v) is 5.99. The van der Waals surface area contributed by atoms with Gasteiger partial charge in [-0.3, -0.25) is 0 Å². The summed E-state index contributed by atoms with van der Waals surface area (Å²) in [7, 11) is 0. The van der Waals surface area contributed by atoms with Gasteiger partial charge in [0.15, 0.2) is 0 Å². The van der Waals surface area contributed by atoms with Crippen molar-refractivity contribution in [3.63, 3.8) is 0 Å². The fraction of sp³-hybridized carbons (Fsp3) is 0.625. The third-order valence-corrected chi connectivity index (χ3v) is 4.18. The van der Waals surface area contributed by atoms with Gasteiger partial charge in [0.05, 0.1) is 5.60 Å². The summed E-state index contributed by atoms with van der Waals surface area (Å²) < 4.78 is 0. The molecule has 1 heteroatoms. The zero-order chi connectivity index (χ0) is 12.3. The highest BCUT2D eigenvalue weighted by Gasteiger charge is 2.35. The Bertz CT molecular complexity index is 344. The standard InChI is InChI=1S/C16H24O/c1-13(2)15-9-6-10-16(17,12-15)11-14-7-4-3-5-8-14/h3-5,7-8,13,15,17H,6,9-12H2,1-2H3. The molecular weight excluding hydrogens is 208 g/mol. The molecule has 1 saturated carbocycles. The van der Waals surface area contributed by atoms with Gasteiger partial charge in [-0.25, -0.2) is 0 Å². The molecule has 1 N–H and O–H groups in total. The molecule has 2 rings (SSSR count). The maximum absolute atomic E-state index is 10.7. The molecule has 0 amide bonds. The first-order valence-corrected chi connectivity index (χ1v) is 6.85. The molecule has 1 fully saturated rings. The third-order valence-electron chi connectivity index (χ3n) is 4.18. The van der Waals surface area contributed by atoms with Crippen molar-refractivity contribution in [3.8, 4) is 0 Å². The quantitative estimate of drug-likeness (QED) is 0.840. The van der Waals surface area contributed by atoms with E-state index in [1.165, 1.54) is 18.4 Å². The van der Waals surface area contributed by atoms with Crippen LogP contribution in [-0.4, -0.2) is 10.7 Å². The molecule has 0 saturated heterocycles. The Hall–Kier alpha value is -0.820. The fourth-order valence-corrected chi connectivity index (χ4v) is 3.09. The molecular formula is C16H24O. The number of hydrogen-bond acceptors (Lipinski definition) is 1. The Morgan fingerprint density at radius 2 is 2.00 bits per heavy atom. The lowest BCUT2D eigenvalue weighted by Crippen LogP contribution is -2.38. The maximum Gasteiger partial charge on any atom is 0.0690 e. The van der Waals surface area contributed by atoms with Crippen molar-refractivity contribution >= 4 is 0 Å². The second-order valence-electron chi connectivity index (χ2n) is 5.99. The van der Waals surface area contributed by atoms with Crippen LogP contribution < -0.4 is 0 Å². The van der Waals surface area contributed by atoms with Gasteiger partial charge in [-0.2, -0.15) is 0 Å². The van der Waals surface area contributed by atoms with Crippen LogP contribution in [0.4, 0.5) is 0 Å². The summed E-state index contributed by atoms with van der Waals surface area (Å²) in [5.74, 6) is 1.38. The molecule has 2 atom stereocenters. The second kappa shape index (κ2) is 5.22. The van der Waals surface area contributed by atoms with Gasteiger partial charge in [0.2, 0.25) is 0 Å². The Morgan fingerprint density at radius 3 is 2.65 bits per heavy atom. The van der Waals surface area contributed by atoms with Crippen molar-refractivity contribution in [3.05, 3.63) is 35.9 Å². The van der Waals surface area contributed by atoms with Crippen molar-refractivity contribution in [2.24, 2.45) is 11.8 Å². The lowest BCUT2D eigenvalue weighted by molar-refractivity contribution is -0.0239. The molecule has 1 aliphatic rings. The molecule has 1 aromatic carbocycles. The van der Waals surface area contributed by atoms with Crippen molar-refractivity contribution in [2.75, 3.05) is 0 Å². The summed E-state index contributed by atoms with van der Waals surface area (Å²) in [4.78, 5) is 0. The first-order chi connectivity index (χ1) is 8.09. The molecule has 0 aliphatic heterocycles. The third kappa shape index (κ3) is 3.32. The smallest absolute Gasteiger partial charge is 0.0690 e. The van der Waals surface area contributed by atoms with Crippen LogP contribution in [0.25, 0.3) is 0 Å². The van der Waals surface area contributed by atoms with Crippen molar-refractivity contribution in [2.45, 2.75) is 51.6 Å². The van der Waals surface area contributed by atoms with E-state index < -0.39 is 5.60 Å². The van der Waals surface area contributed by atoms with E-state index in [1.807, 2.05) is 6.07 Å². The van der Waals surface area contributed by atoms with Crippen LogP contribution in [0.1, 0.15) is 45.1 Å². The van der Waals surface area contributed by atoms with Crippen LogP contribution in [0.5, 0.6) is 0 Å². The summed E-state index contributed by atoms with van der Waals surface area (Å²) in [5.41, 5.74) is 0.800. The van der Waals surface area contributed by atoms with Gasteiger partial charge in [0.1, 0.15) is 0 Å². The van der Waals surface area contributed by atoms with Gasteiger partial charge in [0.25, 0.3) is 0 Å². The minimum atomic E-state index is -0.464. The molecule has 0 spiro atoms. The molecule has 0 radical (unpaired) electrons. The maximum atomic E-state index is 10.7. The van der Waals surface area contributed by atoms with Crippen molar-refractivity contribution < 1.29 is 5.11 Å². The Balaban J connectivity index is 2.03. The Labute approximate surface area is 105 Å². The van der Waals surface area contributed by atoms with Crippen LogP contribution in [0.2, 0.25) is 0 Å². The lowest BCUT2D eigenvalue weighted by Gasteiger charge is -2.38. The van der Waals surface area contributed by atoms with E-state index in [1.54, 1.807) is 0 Å². The van der Waals surface area contributed by atoms with Gasteiger partial charge in [-0.15, -0.1) is 0 Å². The predicted octanol–water partition coefficient (Wildman–Crippen LogP) is 3.81. The van der Waals surface area contributed by atoms with Gasteiger partial charge in [0, 0.05) is 6.42 Å². The fourth-order valence-electron chi connectivity index (χ4n) is 3.09. The molecule has 2 unspecified atom stereocenters. The van der Waals surface area contributed by atoms with Crippen molar-refractivity contribution in [1.82, 2.24) is 0 Å². The van der Waals surface area contributed by atoms with Crippen LogP contribution >= 0.6 is 0 Å². The summed E-state index contributed by atoms with van der Waals surface area (Å²) in [6.07, 6.45) is 5.21. The highest BCUT2D eigenvalue weighted by Crippen LogP contribution is 2.38. The molecule has 0 aromatic heterocycles. The zero-order valence-corrected chi connectivity index (χ0v) is 11.0. The average Bonchev–Trinajstić information content (AvgIpc) is 2.29. The summed E-state index contributed by atoms with van der Waals surface area (Å²) in [6, 6.07) is 10.4. The molecule has 94 valence electrons. The van der Waals surface area contributed by atoms with Gasteiger partial charge in [-0.05, 0) is 36.7 Å². The van der Waals surface area contributed by atoms with Crippen LogP contribution in [0, 0.1) is 11.8 Å². The van der Waals surface area contributed by atoms with Crippen molar-refractivity contribution in [1.29, 1.82) is 0 Å². The summed E-state index contributed by atoms with van der Waals surface area (Å²) >= 11 is 0. The molecule has 1 nitrogen and oxygen atoms in total. The highest BCUT2D eigenvalue weighted by molar-refractivity contribution is 5.17. The molecule has 0 bridgehead atoms. The van der Waals surface area contributed by atoms with Crippen LogP contribution in [0.15, 0.2) is 30.3 Å². The number of aliphatic hydroxyl groups is 1. The van der Waals surface area contributed by atoms with Crippen LogP contribution in [-0.2, 0) is 6.42 Å². The predicted molar refractivity (Wildman–Crippen MR) is 71.9 cm³/mol. The topological polar surface area (TPSA) is 20.2 Å². The number of benzene rings is 1. The first-order valence-electron chi connectivity index (χ1n) is 6.85. The van der Waals surface area contributed by atoms with E-state index >= 15 is 0 Å². The van der Waals surface area contributed by atoms with Gasteiger partial charge >= 0.3 is 0 Å². The lowest BCUT2D eigenvalue weighted by atomic mass is 9.71. The molecule has 17 heavy (non-hydrogen) atoms. The minimum absolute atomic E-state index is 0.464. The normalized spacial score (nSPS) is 29.5. The number of rotatable bonds is 3. The molecule has 0 heterocycles. The Morgan fingerprint density at radius 1 is 1.29 bits per heavy atom. The van der Waals surface area contributed by atoms with Crippen LogP contribution in [0.3, 0.4) is 0 Å². The van der Waals surface area contributed by atoms with E-state index in [-0.39, 0.29) is 0 Å².